The van der Waals surface area contributed by atoms with Crippen LogP contribution in [0, 0.1) is 17.8 Å². The van der Waals surface area contributed by atoms with Crippen LogP contribution in [0.2, 0.25) is 10.0 Å². The first-order valence-electron chi connectivity index (χ1n) is 16.9. The number of rotatable bonds is 13. The fourth-order valence-electron chi connectivity index (χ4n) is 6.66. The number of nitrogens with one attached hydrogen (secondary N) is 1. The Labute approximate surface area is 299 Å². The molecule has 4 aromatic carbocycles. The van der Waals surface area contributed by atoms with Crippen LogP contribution in [0.4, 0.5) is 17.1 Å². The first-order valence-corrected chi connectivity index (χ1v) is 17.7. The van der Waals surface area contributed by atoms with Gasteiger partial charge in [0.15, 0.2) is 0 Å². The molecule has 0 spiro atoms. The van der Waals surface area contributed by atoms with Crippen LogP contribution in [-0.2, 0) is 20.9 Å². The third-order valence-electron chi connectivity index (χ3n) is 9.07. The van der Waals surface area contributed by atoms with Crippen molar-refractivity contribution in [3.8, 4) is 11.1 Å². The molecule has 49 heavy (non-hydrogen) atoms. The van der Waals surface area contributed by atoms with Gasteiger partial charge >= 0.3 is 0 Å². The van der Waals surface area contributed by atoms with Gasteiger partial charge in [0.25, 0.3) is 5.91 Å². The molecule has 3 unspecified atom stereocenters. The molecule has 3 N–H and O–H groups in total. The number of nitrogens with zero attached hydrogens (tertiary/aromatic N) is 2. The van der Waals surface area contributed by atoms with Crippen molar-refractivity contribution in [1.29, 1.82) is 0 Å². The average Bonchev–Trinajstić information content (AvgIpc) is 3.19. The highest BCUT2D eigenvalue weighted by molar-refractivity contribution is 6.36. The predicted octanol–water partition coefficient (Wildman–Crippen LogP) is 8.78. The zero-order chi connectivity index (χ0) is 35.1. The summed E-state index contributed by atoms with van der Waals surface area (Å²) in [6.07, 6.45) is 2.67. The first kappa shape index (κ1) is 36.0. The van der Waals surface area contributed by atoms with Gasteiger partial charge in [-0.15, -0.1) is 0 Å². The van der Waals surface area contributed by atoms with E-state index in [0.29, 0.717) is 22.9 Å². The highest BCUT2D eigenvalue weighted by atomic mass is 35.5. The molecule has 0 fully saturated rings. The van der Waals surface area contributed by atoms with Crippen molar-refractivity contribution in [3.05, 3.63) is 113 Å². The van der Waals surface area contributed by atoms with Crippen molar-refractivity contribution in [2.75, 3.05) is 16.3 Å². The van der Waals surface area contributed by atoms with Gasteiger partial charge in [-0.3, -0.25) is 14.4 Å². The molecular formula is C40H44Cl2N4O3. The minimum atomic E-state index is -0.914. The van der Waals surface area contributed by atoms with Crippen molar-refractivity contribution in [3.63, 3.8) is 0 Å². The molecule has 0 bridgehead atoms. The molecule has 3 amide bonds. The maximum absolute atomic E-state index is 14.7. The lowest BCUT2D eigenvalue weighted by Crippen LogP contribution is -2.54. The number of fused-ring (bicyclic) bond motifs is 1. The number of carbonyl (C=O) groups excluding carboxylic acids is 3. The van der Waals surface area contributed by atoms with Crippen molar-refractivity contribution < 1.29 is 14.4 Å². The number of hydrogen-bond acceptors (Lipinski definition) is 4. The second-order valence-electron chi connectivity index (χ2n) is 13.1. The summed E-state index contributed by atoms with van der Waals surface area (Å²) in [6.45, 7) is 6.54. The third-order valence-corrected chi connectivity index (χ3v) is 9.62. The molecule has 0 aromatic heterocycles. The van der Waals surface area contributed by atoms with Crippen LogP contribution in [0.3, 0.4) is 0 Å². The maximum atomic E-state index is 14.7. The molecule has 7 nitrogen and oxygen atoms in total. The highest BCUT2D eigenvalue weighted by Gasteiger charge is 2.39. The summed E-state index contributed by atoms with van der Waals surface area (Å²) >= 11 is 12.7. The number of halogens is 2. The topological polar surface area (TPSA) is 95.7 Å². The summed E-state index contributed by atoms with van der Waals surface area (Å²) < 4.78 is 0. The van der Waals surface area contributed by atoms with Gasteiger partial charge in [0.2, 0.25) is 11.8 Å². The molecule has 0 saturated heterocycles. The second kappa shape index (κ2) is 16.4. The molecule has 9 heteroatoms. The quantitative estimate of drug-likeness (QED) is 0.146. The maximum Gasteiger partial charge on any atom is 0.251 e. The minimum Gasteiger partial charge on any atom is -0.369 e. The smallest absolute Gasteiger partial charge is 0.251 e. The van der Waals surface area contributed by atoms with Crippen molar-refractivity contribution in [1.82, 2.24) is 5.32 Å². The lowest BCUT2D eigenvalue weighted by atomic mass is 9.81. The zero-order valence-electron chi connectivity index (χ0n) is 28.2. The van der Waals surface area contributed by atoms with E-state index < -0.39 is 23.8 Å². The normalized spacial score (nSPS) is 15.8. The van der Waals surface area contributed by atoms with Crippen LogP contribution in [0.15, 0.2) is 97.1 Å². The molecular weight excluding hydrogens is 655 g/mol. The Morgan fingerprint density at radius 2 is 1.61 bits per heavy atom. The van der Waals surface area contributed by atoms with Gasteiger partial charge in [0.05, 0.1) is 24.5 Å². The van der Waals surface area contributed by atoms with Gasteiger partial charge < -0.3 is 20.9 Å². The van der Waals surface area contributed by atoms with Gasteiger partial charge in [-0.05, 0) is 72.4 Å². The van der Waals surface area contributed by atoms with E-state index in [-0.39, 0.29) is 30.8 Å². The number of amides is 3. The van der Waals surface area contributed by atoms with Crippen molar-refractivity contribution in [2.45, 2.75) is 59.0 Å². The summed E-state index contributed by atoms with van der Waals surface area (Å²) in [5.41, 5.74) is 11.0. The van der Waals surface area contributed by atoms with Crippen LogP contribution >= 0.6 is 23.2 Å². The Morgan fingerprint density at radius 1 is 0.898 bits per heavy atom. The van der Waals surface area contributed by atoms with Crippen LogP contribution in [-0.4, -0.2) is 30.3 Å². The van der Waals surface area contributed by atoms with Crippen LogP contribution in [0.1, 0.15) is 52.0 Å². The average molecular weight is 700 g/mol. The van der Waals surface area contributed by atoms with Crippen LogP contribution in [0.25, 0.3) is 11.1 Å². The standard InChI is InChI=1S/C40H44Cl2N4O3/c1-4-5-16-32(38(43)47)33(21-26(2)3)39(48)44-35-25-45(30-14-7-6-8-15-30)36-17-9-10-18-37(36)46(40(35)49)24-27-12-11-13-28(22-27)31-20-19-29(41)23-34(31)42/h6-15,17-20,22-23,26,32-33,35H,4-5,16,21,24-25H2,1-3H3,(H2,43,47)(H,44,48). The number of anilines is 3. The van der Waals surface area contributed by atoms with E-state index in [1.165, 1.54) is 0 Å². The van der Waals surface area contributed by atoms with Crippen LogP contribution < -0.4 is 20.9 Å². The molecule has 0 aliphatic carbocycles. The highest BCUT2D eigenvalue weighted by Crippen LogP contribution is 2.39. The summed E-state index contributed by atoms with van der Waals surface area (Å²) in [5.74, 6) is -2.19. The Morgan fingerprint density at radius 3 is 2.29 bits per heavy atom. The molecule has 0 saturated carbocycles. The number of benzene rings is 4. The van der Waals surface area contributed by atoms with Crippen molar-refractivity contribution >= 4 is 58.0 Å². The molecule has 256 valence electrons. The van der Waals surface area contributed by atoms with Gasteiger partial charge in [-0.25, -0.2) is 0 Å². The summed E-state index contributed by atoms with van der Waals surface area (Å²) in [6, 6.07) is 30.0. The van der Waals surface area contributed by atoms with E-state index >= 15 is 0 Å². The van der Waals surface area contributed by atoms with Gasteiger partial charge in [0.1, 0.15) is 6.04 Å². The lowest BCUT2D eigenvalue weighted by Gasteiger charge is -2.30. The Hall–Kier alpha value is -4.33. The first-order chi connectivity index (χ1) is 23.6. The molecule has 3 atom stereocenters. The SMILES string of the molecule is CCCCC(C(N)=O)C(CC(C)C)C(=O)NC1CN(c2ccccc2)c2ccccc2N(Cc2cccc(-c3ccc(Cl)cc3Cl)c2)C1=O. The fraction of sp³-hybridized carbons (Fsp3) is 0.325. The second-order valence-corrected chi connectivity index (χ2v) is 14.0. The van der Waals surface area contributed by atoms with Gasteiger partial charge in [-0.2, -0.15) is 0 Å². The number of hydrogen-bond donors (Lipinski definition) is 2. The van der Waals surface area contributed by atoms with E-state index in [1.807, 2.05) is 106 Å². The number of carbonyl (C=O) groups is 3. The molecule has 0 radical (unpaired) electrons. The van der Waals surface area contributed by atoms with E-state index in [0.717, 1.165) is 46.6 Å². The Bertz CT molecular complexity index is 1780. The van der Waals surface area contributed by atoms with Gasteiger partial charge in [0, 0.05) is 33.1 Å². The molecule has 1 aliphatic rings. The minimum absolute atomic E-state index is 0.145. The third kappa shape index (κ3) is 8.64. The number of para-hydroxylation sites is 3. The largest absolute Gasteiger partial charge is 0.369 e. The van der Waals surface area contributed by atoms with E-state index in [9.17, 15) is 14.4 Å². The lowest BCUT2D eigenvalue weighted by molar-refractivity contribution is -0.136. The van der Waals surface area contributed by atoms with E-state index in [4.69, 9.17) is 28.9 Å². The van der Waals surface area contributed by atoms with E-state index in [1.54, 1.807) is 17.0 Å². The summed E-state index contributed by atoms with van der Waals surface area (Å²) in [4.78, 5) is 45.5. The molecule has 1 heterocycles. The summed E-state index contributed by atoms with van der Waals surface area (Å²) in [7, 11) is 0. The molecule has 4 aromatic rings. The van der Waals surface area contributed by atoms with Crippen molar-refractivity contribution in [2.24, 2.45) is 23.5 Å². The zero-order valence-corrected chi connectivity index (χ0v) is 29.8. The van der Waals surface area contributed by atoms with Gasteiger partial charge in [-0.1, -0.05) is 111 Å². The predicted molar refractivity (Wildman–Crippen MR) is 200 cm³/mol. The number of nitrogens with two attached hydrogens (primary N) is 1. The van der Waals surface area contributed by atoms with E-state index in [2.05, 4.69) is 10.2 Å². The monoisotopic (exact) mass is 698 g/mol. The molecule has 5 rings (SSSR count). The number of unbranched alkanes of at least 4 members (excludes halogenated alkanes) is 1. The summed E-state index contributed by atoms with van der Waals surface area (Å²) in [5, 5.41) is 4.20. The van der Waals surface area contributed by atoms with Crippen LogP contribution in [0.5, 0.6) is 0 Å². The Kier molecular flexibility index (Phi) is 12.0. The fourth-order valence-corrected chi connectivity index (χ4v) is 7.18. The number of primary amides is 1. The Balaban J connectivity index is 1.55. The molecule has 1 aliphatic heterocycles.